The number of rotatable bonds is 3. The largest absolute Gasteiger partial charge is 0.355 e. The first-order chi connectivity index (χ1) is 8.49. The van der Waals surface area contributed by atoms with Crippen molar-refractivity contribution in [3.8, 4) is 0 Å². The third kappa shape index (κ3) is 2.23. The van der Waals surface area contributed by atoms with Gasteiger partial charge in [0.25, 0.3) is 0 Å². The Labute approximate surface area is 110 Å². The van der Waals surface area contributed by atoms with Crippen molar-refractivity contribution in [1.82, 2.24) is 0 Å². The first-order valence-electron chi connectivity index (χ1n) is 6.35. The molecule has 0 N–H and O–H groups in total. The van der Waals surface area contributed by atoms with Crippen LogP contribution < -0.4 is 0 Å². The van der Waals surface area contributed by atoms with Crippen LogP contribution in [0.15, 0.2) is 29.8 Å². The lowest BCUT2D eigenvalue weighted by Crippen LogP contribution is -2.27. The van der Waals surface area contributed by atoms with E-state index >= 15 is 0 Å². The molecule has 0 amide bonds. The first kappa shape index (κ1) is 13.3. The van der Waals surface area contributed by atoms with Crippen LogP contribution in [0.5, 0.6) is 0 Å². The van der Waals surface area contributed by atoms with Gasteiger partial charge in [-0.1, -0.05) is 56.7 Å². The minimum Gasteiger partial charge on any atom is -0.355 e. The molecule has 18 heavy (non-hydrogen) atoms. The minimum atomic E-state index is -0.223. The van der Waals surface area contributed by atoms with Crippen LogP contribution in [0.3, 0.4) is 0 Å². The third-order valence-corrected chi connectivity index (χ3v) is 3.58. The van der Waals surface area contributed by atoms with Gasteiger partial charge in [-0.15, -0.1) is 0 Å². The van der Waals surface area contributed by atoms with Crippen molar-refractivity contribution in [2.24, 2.45) is 5.41 Å². The van der Waals surface area contributed by atoms with E-state index in [9.17, 15) is 0 Å². The molecule has 98 valence electrons. The van der Waals surface area contributed by atoms with E-state index in [4.69, 9.17) is 9.47 Å². The van der Waals surface area contributed by atoms with Gasteiger partial charge in [0.15, 0.2) is 6.29 Å². The minimum absolute atomic E-state index is 0.110. The highest BCUT2D eigenvalue weighted by molar-refractivity contribution is 5.68. The smallest absolute Gasteiger partial charge is 0.167 e. The van der Waals surface area contributed by atoms with Crippen LogP contribution in [-0.4, -0.2) is 20.5 Å². The van der Waals surface area contributed by atoms with Crippen molar-refractivity contribution in [2.45, 2.75) is 33.0 Å². The lowest BCUT2D eigenvalue weighted by molar-refractivity contribution is -0.113. The van der Waals surface area contributed by atoms with Crippen molar-refractivity contribution in [1.29, 1.82) is 0 Å². The lowest BCUT2D eigenvalue weighted by atomic mass is 9.79. The average Bonchev–Trinajstić information content (AvgIpc) is 2.71. The fourth-order valence-electron chi connectivity index (χ4n) is 2.70. The average molecular weight is 246 g/mol. The molecule has 0 saturated heterocycles. The molecular formula is C16H22O2. The molecule has 1 atom stereocenters. The highest BCUT2D eigenvalue weighted by Gasteiger charge is 2.37. The molecule has 0 aliphatic heterocycles. The summed E-state index contributed by atoms with van der Waals surface area (Å²) >= 11 is 0. The Kier molecular flexibility index (Phi) is 3.60. The van der Waals surface area contributed by atoms with E-state index in [0.717, 1.165) is 0 Å². The maximum Gasteiger partial charge on any atom is 0.167 e. The molecule has 0 aromatic heterocycles. The molecule has 2 rings (SSSR count). The fraction of sp³-hybridized carbons (Fsp3) is 0.500. The summed E-state index contributed by atoms with van der Waals surface area (Å²) in [6.45, 7) is 6.71. The fourth-order valence-corrected chi connectivity index (χ4v) is 2.70. The molecule has 0 radical (unpaired) electrons. The number of benzene rings is 1. The SMILES string of the molecule is COC(OC)C1C(C(C)(C)C)=Cc2ccccc21. The topological polar surface area (TPSA) is 18.5 Å². The monoisotopic (exact) mass is 246 g/mol. The van der Waals surface area contributed by atoms with E-state index in [1.165, 1.54) is 16.7 Å². The zero-order valence-electron chi connectivity index (χ0n) is 11.9. The summed E-state index contributed by atoms with van der Waals surface area (Å²) in [5.41, 5.74) is 4.07. The van der Waals surface area contributed by atoms with Crippen molar-refractivity contribution >= 4 is 6.08 Å². The van der Waals surface area contributed by atoms with Crippen LogP contribution in [-0.2, 0) is 9.47 Å². The molecule has 2 heteroatoms. The third-order valence-electron chi connectivity index (χ3n) is 3.58. The highest BCUT2D eigenvalue weighted by atomic mass is 16.7. The second-order valence-electron chi connectivity index (χ2n) is 5.80. The molecule has 1 unspecified atom stereocenters. The standard InChI is InChI=1S/C16H22O2/c1-16(2,3)13-10-11-8-6-7-9-12(11)14(13)15(17-4)18-5/h6-10,14-15H,1-5H3. The van der Waals surface area contributed by atoms with Crippen LogP contribution in [0.2, 0.25) is 0 Å². The molecule has 0 heterocycles. The van der Waals surface area contributed by atoms with Gasteiger partial charge in [0.1, 0.15) is 0 Å². The number of methoxy groups -OCH3 is 2. The van der Waals surface area contributed by atoms with E-state index in [2.05, 4.69) is 51.1 Å². The quantitative estimate of drug-likeness (QED) is 0.755. The number of ether oxygens (including phenoxy) is 2. The second-order valence-corrected chi connectivity index (χ2v) is 5.80. The predicted octanol–water partition coefficient (Wildman–Crippen LogP) is 3.83. The Morgan fingerprint density at radius 1 is 1.06 bits per heavy atom. The molecule has 0 saturated carbocycles. The van der Waals surface area contributed by atoms with Gasteiger partial charge in [0, 0.05) is 14.2 Å². The Hall–Kier alpha value is -1.12. The second kappa shape index (κ2) is 4.87. The van der Waals surface area contributed by atoms with Crippen molar-refractivity contribution in [3.63, 3.8) is 0 Å². The van der Waals surface area contributed by atoms with E-state index < -0.39 is 0 Å². The summed E-state index contributed by atoms with van der Waals surface area (Å²) < 4.78 is 11.0. The Balaban J connectivity index is 2.49. The molecule has 0 spiro atoms. The molecule has 0 fully saturated rings. The number of fused-ring (bicyclic) bond motifs is 1. The molecule has 1 aliphatic rings. The van der Waals surface area contributed by atoms with Gasteiger partial charge in [-0.05, 0) is 16.5 Å². The van der Waals surface area contributed by atoms with Crippen LogP contribution >= 0.6 is 0 Å². The maximum absolute atomic E-state index is 5.50. The Bertz CT molecular complexity index is 450. The summed E-state index contributed by atoms with van der Waals surface area (Å²) in [7, 11) is 3.41. The number of hydrogen-bond donors (Lipinski definition) is 0. The zero-order chi connectivity index (χ0) is 13.3. The van der Waals surface area contributed by atoms with E-state index in [1.54, 1.807) is 14.2 Å². The van der Waals surface area contributed by atoms with Gasteiger partial charge in [-0.3, -0.25) is 0 Å². The van der Waals surface area contributed by atoms with Crippen LogP contribution in [0.25, 0.3) is 6.08 Å². The van der Waals surface area contributed by atoms with Crippen LogP contribution in [0.4, 0.5) is 0 Å². The zero-order valence-corrected chi connectivity index (χ0v) is 11.9. The van der Waals surface area contributed by atoms with Gasteiger partial charge < -0.3 is 9.47 Å². The summed E-state index contributed by atoms with van der Waals surface area (Å²) in [5.74, 6) is 0.191. The van der Waals surface area contributed by atoms with Gasteiger partial charge in [0.2, 0.25) is 0 Å². The molecule has 2 nitrogen and oxygen atoms in total. The number of hydrogen-bond acceptors (Lipinski definition) is 2. The van der Waals surface area contributed by atoms with E-state index in [-0.39, 0.29) is 17.6 Å². The van der Waals surface area contributed by atoms with Gasteiger partial charge in [-0.25, -0.2) is 0 Å². The molecule has 0 bridgehead atoms. The molecular weight excluding hydrogens is 224 g/mol. The molecule has 1 aliphatic carbocycles. The van der Waals surface area contributed by atoms with Crippen molar-refractivity contribution in [3.05, 3.63) is 41.0 Å². The normalized spacial score (nSPS) is 19.0. The highest BCUT2D eigenvalue weighted by Crippen LogP contribution is 2.47. The van der Waals surface area contributed by atoms with E-state index in [1.807, 2.05) is 0 Å². The molecule has 1 aromatic rings. The van der Waals surface area contributed by atoms with Crippen molar-refractivity contribution < 1.29 is 9.47 Å². The summed E-state index contributed by atoms with van der Waals surface area (Å²) in [6.07, 6.45) is 2.06. The summed E-state index contributed by atoms with van der Waals surface area (Å²) in [4.78, 5) is 0. The lowest BCUT2D eigenvalue weighted by Gasteiger charge is -2.31. The van der Waals surface area contributed by atoms with Gasteiger partial charge in [0.05, 0.1) is 5.92 Å². The Morgan fingerprint density at radius 3 is 2.22 bits per heavy atom. The van der Waals surface area contributed by atoms with E-state index in [0.29, 0.717) is 0 Å². The maximum atomic E-state index is 5.50. The summed E-state index contributed by atoms with van der Waals surface area (Å²) in [5, 5.41) is 0. The van der Waals surface area contributed by atoms with Crippen LogP contribution in [0.1, 0.15) is 37.8 Å². The first-order valence-corrected chi connectivity index (χ1v) is 6.35. The molecule has 1 aromatic carbocycles. The van der Waals surface area contributed by atoms with Gasteiger partial charge in [-0.2, -0.15) is 0 Å². The van der Waals surface area contributed by atoms with Crippen LogP contribution in [0, 0.1) is 5.41 Å². The van der Waals surface area contributed by atoms with Crippen molar-refractivity contribution in [2.75, 3.05) is 14.2 Å². The Morgan fingerprint density at radius 2 is 1.67 bits per heavy atom. The predicted molar refractivity (Wildman–Crippen MR) is 74.4 cm³/mol. The van der Waals surface area contributed by atoms with Gasteiger partial charge >= 0.3 is 0 Å². The summed E-state index contributed by atoms with van der Waals surface area (Å²) in [6, 6.07) is 8.48.